The molecule has 5 aliphatic rings. The van der Waals surface area contributed by atoms with Crippen LogP contribution in [0.4, 0.5) is 0 Å². The SMILES string of the molecule is Cc1ccc(-n2c(=O)cc([C@@]34CC[C@]5(C)[C@H](CC[C@@H]6[C@@]7(C)CC[C@H](OC(=O)CC(C)(C)C(=O)O)C(C)(C)[C@@H]7CC[C@]65C)C3=C(C(C)C)C(=O)C4)n2CCS(C)(=O)=O)cc1. The molecule has 1 heterocycles. The normalized spacial score (nSPS) is 34.2. The predicted molar refractivity (Wildman–Crippen MR) is 229 cm³/mol. The summed E-state index contributed by atoms with van der Waals surface area (Å²) in [5, 5.41) is 9.66. The zero-order chi connectivity index (χ0) is 43.5. The molecule has 2 aromatic rings. The molecule has 1 aromatic heterocycles. The summed E-state index contributed by atoms with van der Waals surface area (Å²) in [5.74, 6) is -0.623. The lowest BCUT2D eigenvalue weighted by atomic mass is 9.33. The standard InChI is InChI=1S/C48H68N2O8S/c1-29(2)40-33(51)27-48(36-26-38(52)50(31-14-12-30(3)13-15-31)49(36)24-25-59(11,56)57)23-22-46(9)32(41(40)48)16-17-35-45(8)20-19-37(58-39(53)28-43(4,5)42(54)55)44(6,7)34(45)18-21-47(35,46)10/h12-15,26,29,32,34-35,37H,16-25,27-28H2,1-11H3,(H,54,55)/t32-,34+,35-,37+,45+,46-,47-,48+/m1/s1. The Morgan fingerprint density at radius 2 is 1.58 bits per heavy atom. The van der Waals surface area contributed by atoms with Gasteiger partial charge in [-0.15, -0.1) is 0 Å². The number of carboxylic acids is 1. The minimum absolute atomic E-state index is 0.00394. The zero-order valence-electron chi connectivity index (χ0n) is 37.4. The lowest BCUT2D eigenvalue weighted by molar-refractivity contribution is -0.232. The van der Waals surface area contributed by atoms with Gasteiger partial charge >= 0.3 is 11.9 Å². The third-order valence-corrected chi connectivity index (χ3v) is 18.2. The van der Waals surface area contributed by atoms with Crippen molar-refractivity contribution in [2.24, 2.45) is 50.7 Å². The molecule has 0 amide bonds. The smallest absolute Gasteiger partial charge is 0.309 e. The number of Topliss-reactive ketones (excluding diaryl/α,β-unsaturated/α-hetero) is 1. The molecule has 324 valence electrons. The highest BCUT2D eigenvalue weighted by atomic mass is 32.2. The Kier molecular flexibility index (Phi) is 10.6. The van der Waals surface area contributed by atoms with E-state index in [0.29, 0.717) is 23.9 Å². The predicted octanol–water partition coefficient (Wildman–Crippen LogP) is 8.64. The molecule has 1 N–H and O–H groups in total. The summed E-state index contributed by atoms with van der Waals surface area (Å²) in [5.41, 5.74) is 1.96. The first-order valence-corrected chi connectivity index (χ1v) is 24.1. The van der Waals surface area contributed by atoms with Gasteiger partial charge < -0.3 is 9.84 Å². The quantitative estimate of drug-likeness (QED) is 0.235. The van der Waals surface area contributed by atoms with Crippen molar-refractivity contribution < 1.29 is 32.6 Å². The number of aliphatic carboxylic acids is 1. The number of carboxylic acid groups (broad SMARTS) is 1. The topological polar surface area (TPSA) is 142 Å². The van der Waals surface area contributed by atoms with Crippen molar-refractivity contribution in [3.8, 4) is 5.69 Å². The molecule has 0 bridgehead atoms. The van der Waals surface area contributed by atoms with Crippen molar-refractivity contribution in [3.05, 3.63) is 63.1 Å². The van der Waals surface area contributed by atoms with Crippen LogP contribution in [0.5, 0.6) is 0 Å². The fraction of sp³-hybridized carbons (Fsp3) is 0.708. The van der Waals surface area contributed by atoms with Gasteiger partial charge in [-0.1, -0.05) is 66.2 Å². The monoisotopic (exact) mass is 832 g/mol. The number of sulfone groups is 1. The Morgan fingerprint density at radius 3 is 2.19 bits per heavy atom. The molecule has 4 saturated carbocycles. The van der Waals surface area contributed by atoms with E-state index in [-0.39, 0.29) is 76.1 Å². The van der Waals surface area contributed by atoms with Gasteiger partial charge in [-0.25, -0.2) is 13.1 Å². The zero-order valence-corrected chi connectivity index (χ0v) is 38.2. The van der Waals surface area contributed by atoms with E-state index in [1.54, 1.807) is 24.6 Å². The molecule has 0 saturated heterocycles. The maximum atomic E-state index is 14.5. The van der Waals surface area contributed by atoms with E-state index in [2.05, 4.69) is 48.5 Å². The van der Waals surface area contributed by atoms with Crippen LogP contribution >= 0.6 is 0 Å². The summed E-state index contributed by atoms with van der Waals surface area (Å²) in [6, 6.07) is 9.43. The van der Waals surface area contributed by atoms with Crippen molar-refractivity contribution in [2.45, 2.75) is 152 Å². The minimum Gasteiger partial charge on any atom is -0.481 e. The molecular formula is C48H68N2O8S. The Hall–Kier alpha value is -3.47. The maximum absolute atomic E-state index is 14.5. The van der Waals surface area contributed by atoms with Gasteiger partial charge in [-0.05, 0) is 135 Å². The highest BCUT2D eigenvalue weighted by molar-refractivity contribution is 7.90. The maximum Gasteiger partial charge on any atom is 0.309 e. The van der Waals surface area contributed by atoms with Gasteiger partial charge in [0, 0.05) is 29.6 Å². The number of esters is 1. The number of carbonyl (C=O) groups is 3. The number of allylic oxidation sites excluding steroid dienone is 2. The number of ketones is 1. The van der Waals surface area contributed by atoms with Gasteiger partial charge in [0.05, 0.1) is 35.5 Å². The third kappa shape index (κ3) is 6.73. The molecule has 5 aliphatic carbocycles. The second-order valence-electron chi connectivity index (χ2n) is 21.8. The van der Waals surface area contributed by atoms with E-state index in [1.807, 2.05) is 35.9 Å². The summed E-state index contributed by atoms with van der Waals surface area (Å²) >= 11 is 0. The number of fused-ring (bicyclic) bond motifs is 7. The van der Waals surface area contributed by atoms with Crippen LogP contribution in [0, 0.1) is 57.7 Å². The summed E-state index contributed by atoms with van der Waals surface area (Å²) in [7, 11) is -3.38. The van der Waals surface area contributed by atoms with Crippen molar-refractivity contribution in [1.29, 1.82) is 0 Å². The number of carbonyl (C=O) groups excluding carboxylic acids is 2. The van der Waals surface area contributed by atoms with Crippen LogP contribution in [0.3, 0.4) is 0 Å². The van der Waals surface area contributed by atoms with Crippen LogP contribution in [-0.4, -0.2) is 58.7 Å². The molecule has 0 radical (unpaired) electrons. The number of aryl methyl sites for hydroxylation is 1. The Balaban J connectivity index is 1.28. The molecule has 8 atom stereocenters. The highest BCUT2D eigenvalue weighted by Crippen LogP contribution is 2.77. The average Bonchev–Trinajstić information content (AvgIpc) is 3.62. The van der Waals surface area contributed by atoms with Crippen LogP contribution in [-0.2, 0) is 40.9 Å². The summed E-state index contributed by atoms with van der Waals surface area (Å²) in [4.78, 5) is 53.8. The van der Waals surface area contributed by atoms with Gasteiger partial charge in [0.25, 0.3) is 5.56 Å². The van der Waals surface area contributed by atoms with Gasteiger partial charge in [0.15, 0.2) is 5.78 Å². The van der Waals surface area contributed by atoms with Gasteiger partial charge in [-0.2, -0.15) is 0 Å². The molecule has 7 rings (SSSR count). The molecule has 4 fully saturated rings. The lowest BCUT2D eigenvalue weighted by Crippen LogP contribution is -2.66. The first kappa shape index (κ1) is 43.6. The van der Waals surface area contributed by atoms with Crippen LogP contribution < -0.4 is 5.56 Å². The summed E-state index contributed by atoms with van der Waals surface area (Å²) in [6.07, 6.45) is 8.21. The molecule has 11 heteroatoms. The second kappa shape index (κ2) is 14.3. The number of hydrogen-bond acceptors (Lipinski definition) is 7. The van der Waals surface area contributed by atoms with E-state index in [4.69, 9.17) is 4.74 Å². The average molecular weight is 833 g/mol. The Labute approximate surface area is 351 Å². The van der Waals surface area contributed by atoms with E-state index in [1.165, 1.54) is 11.8 Å². The van der Waals surface area contributed by atoms with Crippen molar-refractivity contribution >= 4 is 27.6 Å². The first-order chi connectivity index (χ1) is 27.2. The van der Waals surface area contributed by atoms with E-state index >= 15 is 0 Å². The largest absolute Gasteiger partial charge is 0.481 e. The Morgan fingerprint density at radius 1 is 0.915 bits per heavy atom. The third-order valence-electron chi connectivity index (χ3n) is 17.2. The molecule has 10 nitrogen and oxygen atoms in total. The molecule has 0 unspecified atom stereocenters. The number of ether oxygens (including phenoxy) is 1. The fourth-order valence-corrected chi connectivity index (χ4v) is 14.6. The molecular weight excluding hydrogens is 765 g/mol. The number of hydrogen-bond donors (Lipinski definition) is 1. The van der Waals surface area contributed by atoms with Crippen LogP contribution in [0.1, 0.15) is 138 Å². The van der Waals surface area contributed by atoms with Gasteiger partial charge in [0.1, 0.15) is 15.9 Å². The number of aromatic nitrogens is 2. The summed E-state index contributed by atoms with van der Waals surface area (Å²) < 4.78 is 35.1. The Bertz CT molecular complexity index is 2260. The molecule has 59 heavy (non-hydrogen) atoms. The lowest BCUT2D eigenvalue weighted by Gasteiger charge is -2.72. The van der Waals surface area contributed by atoms with E-state index in [0.717, 1.165) is 61.8 Å². The van der Waals surface area contributed by atoms with Crippen molar-refractivity contribution in [3.63, 3.8) is 0 Å². The fourth-order valence-electron chi connectivity index (χ4n) is 14.0. The van der Waals surface area contributed by atoms with Crippen molar-refractivity contribution in [1.82, 2.24) is 9.36 Å². The van der Waals surface area contributed by atoms with Crippen LogP contribution in [0.25, 0.3) is 5.69 Å². The highest BCUT2D eigenvalue weighted by Gasteiger charge is 2.70. The minimum atomic E-state index is -3.38. The van der Waals surface area contributed by atoms with Crippen molar-refractivity contribution in [2.75, 3.05) is 12.0 Å². The number of rotatable bonds is 10. The van der Waals surface area contributed by atoms with E-state index < -0.39 is 32.6 Å². The molecule has 1 aromatic carbocycles. The second-order valence-corrected chi connectivity index (χ2v) is 24.0. The van der Waals surface area contributed by atoms with Crippen LogP contribution in [0.15, 0.2) is 46.3 Å². The van der Waals surface area contributed by atoms with E-state index in [9.17, 15) is 32.7 Å². The number of benzene rings is 1. The van der Waals surface area contributed by atoms with Gasteiger partial charge in [-0.3, -0.25) is 23.9 Å². The molecule has 0 aliphatic heterocycles. The van der Waals surface area contributed by atoms with Gasteiger partial charge in [0.2, 0.25) is 0 Å². The first-order valence-electron chi connectivity index (χ1n) is 22.0. The number of nitrogens with zero attached hydrogens (tertiary/aromatic N) is 2. The summed E-state index contributed by atoms with van der Waals surface area (Å²) in [6.45, 7) is 21.4. The van der Waals surface area contributed by atoms with Crippen LogP contribution in [0.2, 0.25) is 0 Å². The molecule has 0 spiro atoms.